The second-order valence-electron chi connectivity index (χ2n) is 3.43. The fraction of sp³-hybridized carbons (Fsp3) is 0.143. The minimum atomic E-state index is 0.268. The van der Waals surface area contributed by atoms with Crippen LogP contribution in [0.1, 0.15) is 11.1 Å². The van der Waals surface area contributed by atoms with E-state index in [2.05, 4.69) is 60.7 Å². The molecule has 0 fully saturated rings. The van der Waals surface area contributed by atoms with Crippen molar-refractivity contribution in [2.45, 2.75) is 8.86 Å². The fourth-order valence-corrected chi connectivity index (χ4v) is 3.93. The van der Waals surface area contributed by atoms with E-state index < -0.39 is 0 Å². The van der Waals surface area contributed by atoms with Gasteiger partial charge in [-0.1, -0.05) is 60.7 Å². The Bertz CT molecular complexity index is 341. The number of rotatable bonds is 4. The molecule has 0 aliphatic heterocycles. The molecule has 0 spiro atoms. The second kappa shape index (κ2) is 5.91. The van der Waals surface area contributed by atoms with Crippen LogP contribution in [0.3, 0.4) is 0 Å². The molecule has 0 unspecified atom stereocenters. The summed E-state index contributed by atoms with van der Waals surface area (Å²) in [6.45, 7) is 0. The van der Waals surface area contributed by atoms with Gasteiger partial charge in [-0.25, -0.2) is 0 Å². The van der Waals surface area contributed by atoms with Gasteiger partial charge in [0.1, 0.15) is 0 Å². The van der Waals surface area contributed by atoms with Gasteiger partial charge in [0.15, 0.2) is 8.86 Å². The average Bonchev–Trinajstić information content (AvgIpc) is 2.32. The van der Waals surface area contributed by atoms with Crippen molar-refractivity contribution in [3.63, 3.8) is 0 Å². The molecular formula is C14H14I+. The van der Waals surface area contributed by atoms with E-state index in [-0.39, 0.29) is 21.2 Å². The van der Waals surface area contributed by atoms with Crippen molar-refractivity contribution in [1.82, 2.24) is 0 Å². The van der Waals surface area contributed by atoms with Crippen LogP contribution in [-0.4, -0.2) is 0 Å². The smallest absolute Gasteiger partial charge is 0.0622 e. The van der Waals surface area contributed by atoms with Gasteiger partial charge in [-0.2, -0.15) is 0 Å². The van der Waals surface area contributed by atoms with Crippen LogP contribution in [0.2, 0.25) is 0 Å². The highest BCUT2D eigenvalue weighted by Gasteiger charge is 2.08. The summed E-state index contributed by atoms with van der Waals surface area (Å²) in [6, 6.07) is 21.6. The third-order valence-corrected chi connectivity index (χ3v) is 5.02. The Morgan fingerprint density at radius 1 is 0.600 bits per heavy atom. The van der Waals surface area contributed by atoms with Crippen molar-refractivity contribution < 1.29 is 21.2 Å². The molecule has 0 N–H and O–H groups in total. The van der Waals surface area contributed by atoms with E-state index in [9.17, 15) is 0 Å². The lowest BCUT2D eigenvalue weighted by Gasteiger charge is -1.91. The molecule has 0 bridgehead atoms. The first-order valence-corrected chi connectivity index (χ1v) is 8.11. The van der Waals surface area contributed by atoms with Crippen molar-refractivity contribution in [3.8, 4) is 0 Å². The monoisotopic (exact) mass is 309 g/mol. The summed E-state index contributed by atoms with van der Waals surface area (Å²) in [5.41, 5.74) is 2.97. The SMILES string of the molecule is c1ccc(C[I+]Cc2ccccc2)cc1. The average molecular weight is 309 g/mol. The maximum absolute atomic E-state index is 2.23. The molecule has 0 saturated carbocycles. The van der Waals surface area contributed by atoms with E-state index in [1.165, 1.54) is 20.0 Å². The van der Waals surface area contributed by atoms with Crippen molar-refractivity contribution in [2.24, 2.45) is 0 Å². The zero-order chi connectivity index (χ0) is 10.3. The van der Waals surface area contributed by atoms with Crippen molar-refractivity contribution in [3.05, 3.63) is 71.8 Å². The number of halogens is 1. The lowest BCUT2D eigenvalue weighted by Crippen LogP contribution is -3.61. The first kappa shape index (κ1) is 10.7. The minimum absolute atomic E-state index is 0.268. The van der Waals surface area contributed by atoms with Crippen LogP contribution in [-0.2, 0) is 8.86 Å². The molecule has 0 aliphatic rings. The highest BCUT2D eigenvalue weighted by Crippen LogP contribution is 1.95. The molecular weight excluding hydrogens is 295 g/mol. The third kappa shape index (κ3) is 3.67. The normalized spacial score (nSPS) is 10.1. The molecule has 0 heterocycles. The zero-order valence-corrected chi connectivity index (χ0v) is 10.7. The predicted octanol–water partition coefficient (Wildman–Crippen LogP) is 0.476. The molecule has 0 amide bonds. The summed E-state index contributed by atoms with van der Waals surface area (Å²) < 4.78 is 2.57. The number of alkyl halides is 2. The summed E-state index contributed by atoms with van der Waals surface area (Å²) in [7, 11) is 0. The van der Waals surface area contributed by atoms with Gasteiger partial charge in [0.2, 0.25) is 0 Å². The van der Waals surface area contributed by atoms with Crippen LogP contribution in [0, 0.1) is 0 Å². The van der Waals surface area contributed by atoms with Crippen LogP contribution in [0.15, 0.2) is 60.7 Å². The quantitative estimate of drug-likeness (QED) is 0.569. The van der Waals surface area contributed by atoms with Crippen molar-refractivity contribution in [1.29, 1.82) is 0 Å². The minimum Gasteiger partial charge on any atom is -0.0622 e. The maximum Gasteiger partial charge on any atom is 0.278 e. The Morgan fingerprint density at radius 2 is 1.00 bits per heavy atom. The van der Waals surface area contributed by atoms with E-state index in [4.69, 9.17) is 0 Å². The summed E-state index contributed by atoms with van der Waals surface area (Å²) in [5.74, 6) is 0. The standard InChI is InChI=1S/C14H14I/c1-3-7-13(8-4-1)11-15-12-14-9-5-2-6-10-14/h1-10H,11-12H2/q+1. The van der Waals surface area contributed by atoms with Gasteiger partial charge in [-0.15, -0.1) is 0 Å². The Balaban J connectivity index is 1.81. The molecule has 2 aromatic carbocycles. The van der Waals surface area contributed by atoms with Gasteiger partial charge >= 0.3 is 0 Å². The Labute approximate surface area is 102 Å². The summed E-state index contributed by atoms with van der Waals surface area (Å²) in [5, 5.41) is 0. The fourth-order valence-electron chi connectivity index (χ4n) is 1.40. The van der Waals surface area contributed by atoms with Crippen LogP contribution >= 0.6 is 0 Å². The van der Waals surface area contributed by atoms with Gasteiger partial charge in [0, 0.05) is 0 Å². The summed E-state index contributed by atoms with van der Waals surface area (Å²) in [6.07, 6.45) is 0. The molecule has 76 valence electrons. The Hall–Kier alpha value is -0.830. The number of benzene rings is 2. The Morgan fingerprint density at radius 3 is 1.40 bits per heavy atom. The van der Waals surface area contributed by atoms with Crippen LogP contribution < -0.4 is 21.2 Å². The number of hydrogen-bond acceptors (Lipinski definition) is 0. The van der Waals surface area contributed by atoms with E-state index in [0.29, 0.717) is 0 Å². The number of hydrogen-bond donors (Lipinski definition) is 0. The molecule has 0 aromatic heterocycles. The third-order valence-electron chi connectivity index (χ3n) is 2.18. The van der Waals surface area contributed by atoms with Crippen molar-refractivity contribution in [2.75, 3.05) is 0 Å². The molecule has 2 rings (SSSR count). The van der Waals surface area contributed by atoms with E-state index in [1.807, 2.05) is 0 Å². The highest BCUT2D eigenvalue weighted by molar-refractivity contribution is 5.14. The Kier molecular flexibility index (Phi) is 4.21. The van der Waals surface area contributed by atoms with Gasteiger partial charge in [0.05, 0.1) is 0 Å². The molecule has 0 nitrogen and oxygen atoms in total. The molecule has 0 atom stereocenters. The maximum atomic E-state index is 2.23. The van der Waals surface area contributed by atoms with E-state index >= 15 is 0 Å². The molecule has 0 radical (unpaired) electrons. The van der Waals surface area contributed by atoms with Gasteiger partial charge < -0.3 is 0 Å². The molecule has 1 heteroatoms. The highest BCUT2D eigenvalue weighted by atomic mass is 127. The molecule has 0 aliphatic carbocycles. The zero-order valence-electron chi connectivity index (χ0n) is 8.57. The lowest BCUT2D eigenvalue weighted by atomic mass is 10.2. The largest absolute Gasteiger partial charge is 0.278 e. The molecule has 2 aromatic rings. The topological polar surface area (TPSA) is 0 Å². The van der Waals surface area contributed by atoms with Crippen LogP contribution in [0.25, 0.3) is 0 Å². The van der Waals surface area contributed by atoms with Crippen LogP contribution in [0.5, 0.6) is 0 Å². The van der Waals surface area contributed by atoms with E-state index in [0.717, 1.165) is 0 Å². The first-order chi connectivity index (χ1) is 7.45. The first-order valence-electron chi connectivity index (χ1n) is 5.06. The van der Waals surface area contributed by atoms with Gasteiger partial charge in [0.25, 0.3) is 21.2 Å². The van der Waals surface area contributed by atoms with Crippen molar-refractivity contribution >= 4 is 0 Å². The molecule has 15 heavy (non-hydrogen) atoms. The van der Waals surface area contributed by atoms with Gasteiger partial charge in [-0.3, -0.25) is 0 Å². The van der Waals surface area contributed by atoms with Gasteiger partial charge in [-0.05, 0) is 11.1 Å². The second-order valence-corrected chi connectivity index (χ2v) is 6.03. The summed E-state index contributed by atoms with van der Waals surface area (Å²) >= 11 is 0.268. The molecule has 0 saturated heterocycles. The predicted molar refractivity (Wildman–Crippen MR) is 60.3 cm³/mol. The van der Waals surface area contributed by atoms with E-state index in [1.54, 1.807) is 0 Å². The lowest BCUT2D eigenvalue weighted by molar-refractivity contribution is -0.686. The summed E-state index contributed by atoms with van der Waals surface area (Å²) in [4.78, 5) is 0. The van der Waals surface area contributed by atoms with Crippen LogP contribution in [0.4, 0.5) is 0 Å².